The third-order valence-corrected chi connectivity index (χ3v) is 4.60. The monoisotopic (exact) mass is 340 g/mol. The summed E-state index contributed by atoms with van der Waals surface area (Å²) in [5, 5.41) is 0. The lowest BCUT2D eigenvalue weighted by Gasteiger charge is -2.11. The van der Waals surface area contributed by atoms with Crippen molar-refractivity contribution in [3.05, 3.63) is 12.2 Å². The van der Waals surface area contributed by atoms with Crippen molar-refractivity contribution in [2.45, 2.75) is 110 Å². The molecular weight excluding hydrogens is 296 g/mol. The molecule has 3 nitrogen and oxygen atoms in total. The van der Waals surface area contributed by atoms with E-state index >= 15 is 0 Å². The van der Waals surface area contributed by atoms with Gasteiger partial charge in [0.15, 0.2) is 0 Å². The number of hydrogen-bond donors (Lipinski definition) is 2. The first-order valence-electron chi connectivity index (χ1n) is 10.2. The largest absolute Gasteiger partial charge is 0.369 e. The van der Waals surface area contributed by atoms with E-state index in [0.29, 0.717) is 0 Å². The SMILES string of the molecule is CCCCCCCCC=CCCCCCCC(CCC)C(N)=O.N. The normalized spacial score (nSPS) is 12.2. The van der Waals surface area contributed by atoms with E-state index in [0.717, 1.165) is 25.7 Å². The summed E-state index contributed by atoms with van der Waals surface area (Å²) in [5.41, 5.74) is 5.43. The van der Waals surface area contributed by atoms with Gasteiger partial charge in [-0.25, -0.2) is 0 Å². The Labute approximate surface area is 151 Å². The van der Waals surface area contributed by atoms with Crippen LogP contribution in [0.3, 0.4) is 0 Å². The van der Waals surface area contributed by atoms with Crippen LogP contribution in [0.2, 0.25) is 0 Å². The fourth-order valence-corrected chi connectivity index (χ4v) is 3.06. The zero-order chi connectivity index (χ0) is 17.2. The van der Waals surface area contributed by atoms with E-state index < -0.39 is 0 Å². The van der Waals surface area contributed by atoms with E-state index in [4.69, 9.17) is 5.73 Å². The summed E-state index contributed by atoms with van der Waals surface area (Å²) in [7, 11) is 0. The molecule has 144 valence electrons. The minimum atomic E-state index is -0.107. The Balaban J connectivity index is 0. The van der Waals surface area contributed by atoms with Crippen LogP contribution in [-0.4, -0.2) is 5.91 Å². The average Bonchev–Trinajstić information content (AvgIpc) is 2.54. The van der Waals surface area contributed by atoms with Gasteiger partial charge in [0, 0.05) is 5.92 Å². The molecule has 1 amide bonds. The highest BCUT2D eigenvalue weighted by Crippen LogP contribution is 2.16. The zero-order valence-electron chi connectivity index (χ0n) is 16.5. The molecule has 0 aliphatic heterocycles. The second-order valence-electron chi connectivity index (χ2n) is 6.91. The van der Waals surface area contributed by atoms with Crippen LogP contribution >= 0.6 is 0 Å². The summed E-state index contributed by atoms with van der Waals surface area (Å²) in [4.78, 5) is 11.3. The van der Waals surface area contributed by atoms with Crippen LogP contribution in [-0.2, 0) is 4.79 Å². The molecule has 0 aliphatic carbocycles. The first-order chi connectivity index (χ1) is 11.2. The number of nitrogens with two attached hydrogens (primary N) is 1. The molecule has 1 unspecified atom stereocenters. The third-order valence-electron chi connectivity index (χ3n) is 4.60. The van der Waals surface area contributed by atoms with E-state index in [9.17, 15) is 4.79 Å². The topological polar surface area (TPSA) is 78.1 Å². The fraction of sp³-hybridized carbons (Fsp3) is 0.857. The highest BCUT2D eigenvalue weighted by Gasteiger charge is 2.12. The molecule has 0 bridgehead atoms. The number of unbranched alkanes of at least 4 members (excludes halogenated alkanes) is 10. The Morgan fingerprint density at radius 3 is 1.75 bits per heavy atom. The van der Waals surface area contributed by atoms with Crippen molar-refractivity contribution in [2.24, 2.45) is 11.7 Å². The maximum Gasteiger partial charge on any atom is 0.220 e. The molecule has 0 spiro atoms. The molecule has 0 aliphatic rings. The van der Waals surface area contributed by atoms with Gasteiger partial charge in [0.2, 0.25) is 5.91 Å². The number of allylic oxidation sites excluding steroid dienone is 2. The van der Waals surface area contributed by atoms with Gasteiger partial charge in [0.05, 0.1) is 0 Å². The fourth-order valence-electron chi connectivity index (χ4n) is 3.06. The summed E-state index contributed by atoms with van der Waals surface area (Å²) in [6, 6.07) is 0. The van der Waals surface area contributed by atoms with Gasteiger partial charge in [-0.1, -0.05) is 83.8 Å². The summed E-state index contributed by atoms with van der Waals surface area (Å²) >= 11 is 0. The maximum atomic E-state index is 11.3. The van der Waals surface area contributed by atoms with Crippen LogP contribution in [0.15, 0.2) is 12.2 Å². The number of rotatable bonds is 17. The van der Waals surface area contributed by atoms with Crippen molar-refractivity contribution in [3.63, 3.8) is 0 Å². The number of carbonyl (C=O) groups excluding carboxylic acids is 1. The number of primary amides is 1. The molecule has 0 rings (SSSR count). The Morgan fingerprint density at radius 1 is 0.750 bits per heavy atom. The molecule has 0 heterocycles. The average molecular weight is 341 g/mol. The van der Waals surface area contributed by atoms with Crippen molar-refractivity contribution < 1.29 is 4.79 Å². The minimum absolute atomic E-state index is 0. The van der Waals surface area contributed by atoms with Gasteiger partial charge in [-0.2, -0.15) is 0 Å². The lowest BCUT2D eigenvalue weighted by Crippen LogP contribution is -2.23. The Morgan fingerprint density at radius 2 is 1.25 bits per heavy atom. The molecule has 1 atom stereocenters. The van der Waals surface area contributed by atoms with Gasteiger partial charge in [-0.3, -0.25) is 4.79 Å². The second-order valence-corrected chi connectivity index (χ2v) is 6.91. The highest BCUT2D eigenvalue weighted by molar-refractivity contribution is 5.76. The molecule has 0 radical (unpaired) electrons. The van der Waals surface area contributed by atoms with E-state index in [1.165, 1.54) is 70.6 Å². The molecule has 3 heteroatoms. The number of carbonyl (C=O) groups is 1. The Hall–Kier alpha value is -0.830. The van der Waals surface area contributed by atoms with Crippen LogP contribution in [0.25, 0.3) is 0 Å². The van der Waals surface area contributed by atoms with Gasteiger partial charge in [-0.05, 0) is 38.5 Å². The molecule has 0 aromatic heterocycles. The van der Waals surface area contributed by atoms with Gasteiger partial charge in [0.1, 0.15) is 0 Å². The van der Waals surface area contributed by atoms with E-state index in [1.807, 2.05) is 0 Å². The van der Waals surface area contributed by atoms with Gasteiger partial charge < -0.3 is 11.9 Å². The predicted octanol–water partition coefficient (Wildman–Crippen LogP) is 6.70. The number of hydrogen-bond acceptors (Lipinski definition) is 2. The van der Waals surface area contributed by atoms with Crippen LogP contribution < -0.4 is 11.9 Å². The maximum absolute atomic E-state index is 11.3. The lowest BCUT2D eigenvalue weighted by molar-refractivity contribution is -0.122. The Kier molecular flexibility index (Phi) is 21.4. The van der Waals surface area contributed by atoms with Crippen LogP contribution in [0.5, 0.6) is 0 Å². The summed E-state index contributed by atoms with van der Waals surface area (Å²) in [5.74, 6) is 0.00157. The first-order valence-corrected chi connectivity index (χ1v) is 10.2. The van der Waals surface area contributed by atoms with Crippen LogP contribution in [0.1, 0.15) is 110 Å². The lowest BCUT2D eigenvalue weighted by atomic mass is 9.95. The number of amides is 1. The van der Waals surface area contributed by atoms with Crippen molar-refractivity contribution >= 4 is 5.91 Å². The summed E-state index contributed by atoms with van der Waals surface area (Å²) < 4.78 is 0. The second kappa shape index (κ2) is 20.2. The standard InChI is InChI=1S/C21H41NO.H3N/c1-3-5-6-7-8-9-10-11-12-13-14-15-16-17-19-20(18-4-2)21(22)23;/h11-12,20H,3-10,13-19H2,1-2H3,(H2,22,23);1H3. The minimum Gasteiger partial charge on any atom is -0.369 e. The van der Waals surface area contributed by atoms with Crippen LogP contribution in [0.4, 0.5) is 0 Å². The Bertz CT molecular complexity index is 290. The summed E-state index contributed by atoms with van der Waals surface area (Å²) in [6.45, 7) is 4.39. The molecule has 24 heavy (non-hydrogen) atoms. The van der Waals surface area contributed by atoms with Gasteiger partial charge in [-0.15, -0.1) is 0 Å². The van der Waals surface area contributed by atoms with Crippen molar-refractivity contribution in [2.75, 3.05) is 0 Å². The molecule has 0 aromatic rings. The highest BCUT2D eigenvalue weighted by atomic mass is 16.1. The molecule has 0 saturated heterocycles. The smallest absolute Gasteiger partial charge is 0.220 e. The van der Waals surface area contributed by atoms with E-state index in [2.05, 4.69) is 26.0 Å². The van der Waals surface area contributed by atoms with Crippen molar-refractivity contribution in [1.82, 2.24) is 6.15 Å². The first kappa shape index (κ1) is 25.4. The van der Waals surface area contributed by atoms with Gasteiger partial charge >= 0.3 is 0 Å². The van der Waals surface area contributed by atoms with Crippen molar-refractivity contribution in [3.8, 4) is 0 Å². The van der Waals surface area contributed by atoms with Gasteiger partial charge in [0.25, 0.3) is 0 Å². The summed E-state index contributed by atoms with van der Waals surface area (Å²) in [6.07, 6.45) is 23.4. The van der Waals surface area contributed by atoms with Crippen molar-refractivity contribution in [1.29, 1.82) is 0 Å². The van der Waals surface area contributed by atoms with E-state index in [1.54, 1.807) is 0 Å². The van der Waals surface area contributed by atoms with E-state index in [-0.39, 0.29) is 18.0 Å². The molecule has 5 N–H and O–H groups in total. The molecular formula is C21H44N2O. The molecule has 0 saturated carbocycles. The molecule has 0 fully saturated rings. The predicted molar refractivity (Wildman–Crippen MR) is 107 cm³/mol. The zero-order valence-corrected chi connectivity index (χ0v) is 16.5. The quantitative estimate of drug-likeness (QED) is 0.228. The van der Waals surface area contributed by atoms with Crippen LogP contribution in [0, 0.1) is 5.92 Å². The molecule has 0 aromatic carbocycles. The third kappa shape index (κ3) is 17.5.